The first-order valence-electron chi connectivity index (χ1n) is 13.2. The van der Waals surface area contributed by atoms with Crippen molar-refractivity contribution in [3.05, 3.63) is 48.2 Å². The van der Waals surface area contributed by atoms with Crippen LogP contribution in [-0.2, 0) is 36.8 Å². The summed E-state index contributed by atoms with van der Waals surface area (Å²) in [6.07, 6.45) is 7.56. The molecule has 3 rings (SSSR count). The number of ether oxygens (including phenoxy) is 2. The number of benzene rings is 1. The molecule has 0 aliphatic carbocycles. The fourth-order valence-electron chi connectivity index (χ4n) is 4.59. The highest BCUT2D eigenvalue weighted by atomic mass is 16.6. The van der Waals surface area contributed by atoms with Gasteiger partial charge in [0.2, 0.25) is 5.91 Å². The molecule has 9 nitrogen and oxygen atoms in total. The number of methoxy groups -OCH3 is 1. The van der Waals surface area contributed by atoms with Crippen LogP contribution < -0.4 is 10.6 Å². The molecule has 38 heavy (non-hydrogen) atoms. The number of allylic oxidation sites excluding steroid dienone is 1. The largest absolute Gasteiger partial charge is 0.467 e. The van der Waals surface area contributed by atoms with Crippen LogP contribution in [0, 0.1) is 5.92 Å². The normalized spacial score (nSPS) is 18.9. The minimum absolute atomic E-state index is 0.0397. The molecule has 1 aliphatic rings. The van der Waals surface area contributed by atoms with E-state index < -0.39 is 29.6 Å². The van der Waals surface area contributed by atoms with Gasteiger partial charge in [0.25, 0.3) is 0 Å². The van der Waals surface area contributed by atoms with Gasteiger partial charge in [-0.25, -0.2) is 9.59 Å². The van der Waals surface area contributed by atoms with Crippen molar-refractivity contribution in [1.29, 1.82) is 0 Å². The van der Waals surface area contributed by atoms with Gasteiger partial charge in [-0.15, -0.1) is 0 Å². The van der Waals surface area contributed by atoms with Crippen LogP contribution in [0.5, 0.6) is 0 Å². The zero-order valence-corrected chi connectivity index (χ0v) is 22.7. The van der Waals surface area contributed by atoms with E-state index in [4.69, 9.17) is 9.47 Å². The summed E-state index contributed by atoms with van der Waals surface area (Å²) in [7, 11) is 1.29. The highest BCUT2D eigenvalue weighted by Crippen LogP contribution is 2.24. The number of hydrogen-bond acceptors (Lipinski definition) is 6. The molecule has 0 saturated carbocycles. The van der Waals surface area contributed by atoms with Gasteiger partial charge in [-0.3, -0.25) is 9.59 Å². The lowest BCUT2D eigenvalue weighted by Gasteiger charge is -2.21. The first kappa shape index (κ1) is 28.9. The Morgan fingerprint density at radius 2 is 1.89 bits per heavy atom. The number of carbonyl (C=O) groups is 4. The standard InChI is InChI=1S/C29H39N3O6/c1-29(2,3)38-28(36)30-15-9-7-11-20-17-22(33)18-21-19-32(25-14-6-5-12-23(21)25)16-10-8-13-24(27(35)37-4)31-26(20)34/h5-6,8,10,12,14,19-20,24H,7,9,11,13,15-18H2,1-4H3,(H,30,36)(H,31,34)/t20-,24-/m1/s1. The molecule has 0 fully saturated rings. The quantitative estimate of drug-likeness (QED) is 0.334. The molecule has 1 aliphatic heterocycles. The molecule has 0 saturated heterocycles. The van der Waals surface area contributed by atoms with E-state index >= 15 is 0 Å². The van der Waals surface area contributed by atoms with Crippen molar-refractivity contribution in [1.82, 2.24) is 15.2 Å². The van der Waals surface area contributed by atoms with Crippen molar-refractivity contribution in [3.63, 3.8) is 0 Å². The number of hydrogen-bond donors (Lipinski definition) is 2. The number of amides is 2. The number of para-hydroxylation sites is 1. The molecule has 2 amide bonds. The zero-order chi connectivity index (χ0) is 27.7. The number of fused-ring (bicyclic) bond motifs is 5. The molecule has 206 valence electrons. The van der Waals surface area contributed by atoms with E-state index in [9.17, 15) is 19.2 Å². The van der Waals surface area contributed by atoms with Gasteiger partial charge < -0.3 is 24.7 Å². The SMILES string of the molecule is COC(=O)[C@H]1CC=CCn2cc(c3ccccc32)CC(=O)C[C@@H](CCCCNC(=O)OC(C)(C)C)C(=O)N1. The Morgan fingerprint density at radius 3 is 2.63 bits per heavy atom. The van der Waals surface area contributed by atoms with E-state index in [1.807, 2.05) is 42.6 Å². The maximum Gasteiger partial charge on any atom is 0.407 e. The summed E-state index contributed by atoms with van der Waals surface area (Å²) in [6, 6.07) is 7.10. The smallest absolute Gasteiger partial charge is 0.407 e. The Labute approximate surface area is 223 Å². The van der Waals surface area contributed by atoms with Gasteiger partial charge in [0.05, 0.1) is 7.11 Å². The second kappa shape index (κ2) is 13.3. The maximum absolute atomic E-state index is 13.2. The number of aromatic nitrogens is 1. The Balaban J connectivity index is 1.73. The number of ketones is 1. The number of nitrogens with one attached hydrogen (secondary N) is 2. The Hall–Kier alpha value is -3.62. The van der Waals surface area contributed by atoms with Crippen molar-refractivity contribution in [3.8, 4) is 0 Å². The number of nitrogens with zero attached hydrogens (tertiary/aromatic N) is 1. The maximum atomic E-state index is 13.2. The monoisotopic (exact) mass is 525 g/mol. The molecule has 1 aromatic carbocycles. The molecular formula is C29H39N3O6. The van der Waals surface area contributed by atoms with Gasteiger partial charge in [-0.2, -0.15) is 0 Å². The molecule has 2 heterocycles. The van der Waals surface area contributed by atoms with Gasteiger partial charge in [0.15, 0.2) is 0 Å². The van der Waals surface area contributed by atoms with Crippen LogP contribution in [0.15, 0.2) is 42.6 Å². The van der Waals surface area contributed by atoms with Gasteiger partial charge in [0.1, 0.15) is 17.4 Å². The lowest BCUT2D eigenvalue weighted by Crippen LogP contribution is -2.44. The predicted molar refractivity (Wildman–Crippen MR) is 145 cm³/mol. The topological polar surface area (TPSA) is 116 Å². The average molecular weight is 526 g/mol. The van der Waals surface area contributed by atoms with Crippen LogP contribution >= 0.6 is 0 Å². The van der Waals surface area contributed by atoms with E-state index in [0.717, 1.165) is 16.5 Å². The van der Waals surface area contributed by atoms with Gasteiger partial charge in [0, 0.05) is 48.9 Å². The first-order valence-corrected chi connectivity index (χ1v) is 13.2. The van der Waals surface area contributed by atoms with Gasteiger partial charge >= 0.3 is 12.1 Å². The summed E-state index contributed by atoms with van der Waals surface area (Å²) in [5.74, 6) is -1.52. The molecule has 0 unspecified atom stereocenters. The van der Waals surface area contributed by atoms with E-state index in [2.05, 4.69) is 15.2 Å². The summed E-state index contributed by atoms with van der Waals surface area (Å²) in [6.45, 7) is 6.36. The number of Topliss-reactive ketones (excluding diaryl/α,β-unsaturated/α-hetero) is 1. The van der Waals surface area contributed by atoms with Crippen LogP contribution in [-0.4, -0.2) is 53.6 Å². The fraction of sp³-hybridized carbons (Fsp3) is 0.517. The van der Waals surface area contributed by atoms with E-state index in [-0.39, 0.29) is 31.0 Å². The summed E-state index contributed by atoms with van der Waals surface area (Å²) in [5, 5.41) is 6.53. The van der Waals surface area contributed by atoms with Crippen LogP contribution in [0.3, 0.4) is 0 Å². The Kier molecular flexibility index (Phi) is 10.1. The third-order valence-electron chi connectivity index (χ3n) is 6.39. The average Bonchev–Trinajstić information content (AvgIpc) is 3.19. The molecule has 2 atom stereocenters. The highest BCUT2D eigenvalue weighted by Gasteiger charge is 2.27. The van der Waals surface area contributed by atoms with Crippen LogP contribution in [0.4, 0.5) is 4.79 Å². The van der Waals surface area contributed by atoms with Crippen molar-refractivity contribution in [2.45, 2.75) is 77.5 Å². The summed E-state index contributed by atoms with van der Waals surface area (Å²) >= 11 is 0. The number of carbonyl (C=O) groups excluding carboxylic acids is 4. The lowest BCUT2D eigenvalue weighted by atomic mass is 9.92. The number of rotatable bonds is 6. The third kappa shape index (κ3) is 8.46. The minimum Gasteiger partial charge on any atom is -0.467 e. The predicted octanol–water partition coefficient (Wildman–Crippen LogP) is 4.07. The summed E-state index contributed by atoms with van der Waals surface area (Å²) in [5.41, 5.74) is 1.39. The number of unbranched alkanes of at least 4 members (excludes halogenated alkanes) is 1. The highest BCUT2D eigenvalue weighted by molar-refractivity contribution is 5.93. The third-order valence-corrected chi connectivity index (χ3v) is 6.39. The summed E-state index contributed by atoms with van der Waals surface area (Å²) in [4.78, 5) is 50.6. The van der Waals surface area contributed by atoms with Crippen molar-refractivity contribution in [2.24, 2.45) is 5.92 Å². The second-order valence-electron chi connectivity index (χ2n) is 10.7. The lowest BCUT2D eigenvalue weighted by molar-refractivity contribution is -0.145. The summed E-state index contributed by atoms with van der Waals surface area (Å²) < 4.78 is 12.2. The molecule has 2 N–H and O–H groups in total. The van der Waals surface area contributed by atoms with Crippen molar-refractivity contribution >= 4 is 34.7 Å². The van der Waals surface area contributed by atoms with Crippen LogP contribution in [0.25, 0.3) is 10.9 Å². The van der Waals surface area contributed by atoms with Crippen molar-refractivity contribution in [2.75, 3.05) is 13.7 Å². The van der Waals surface area contributed by atoms with Gasteiger partial charge in [-0.1, -0.05) is 36.8 Å². The van der Waals surface area contributed by atoms with Crippen LogP contribution in [0.1, 0.15) is 58.4 Å². The molecule has 0 spiro atoms. The van der Waals surface area contributed by atoms with Gasteiger partial charge in [-0.05, 0) is 51.7 Å². The molecule has 1 aromatic heterocycles. The van der Waals surface area contributed by atoms with Crippen molar-refractivity contribution < 1.29 is 28.7 Å². The molecule has 0 radical (unpaired) electrons. The molecular weight excluding hydrogens is 486 g/mol. The van der Waals surface area contributed by atoms with E-state index in [1.54, 1.807) is 20.8 Å². The molecule has 2 bridgehead atoms. The van der Waals surface area contributed by atoms with E-state index in [1.165, 1.54) is 7.11 Å². The minimum atomic E-state index is -0.838. The Bertz CT molecular complexity index is 1180. The van der Waals surface area contributed by atoms with Crippen LogP contribution in [0.2, 0.25) is 0 Å². The van der Waals surface area contributed by atoms with E-state index in [0.29, 0.717) is 32.4 Å². The second-order valence-corrected chi connectivity index (χ2v) is 10.7. The fourth-order valence-corrected chi connectivity index (χ4v) is 4.59. The zero-order valence-electron chi connectivity index (χ0n) is 22.7. The Morgan fingerprint density at radius 1 is 1.13 bits per heavy atom. The first-order chi connectivity index (χ1) is 18.1. The number of alkyl carbamates (subject to hydrolysis) is 1. The molecule has 2 aromatic rings. The molecule has 9 heteroatoms. The number of esters is 1.